The molecule has 0 unspecified atom stereocenters. The minimum atomic E-state index is 0.379. The molecule has 0 bridgehead atoms. The van der Waals surface area contributed by atoms with Crippen molar-refractivity contribution >= 4 is 33.8 Å². The SMILES string of the molecule is Cc1scc(O)c1C1=C(c2c(O)csc2C)CCC1. The van der Waals surface area contributed by atoms with Gasteiger partial charge in [-0.3, -0.25) is 0 Å². The van der Waals surface area contributed by atoms with Crippen LogP contribution in [-0.4, -0.2) is 10.2 Å². The zero-order valence-electron chi connectivity index (χ0n) is 11.0. The average Bonchev–Trinajstić information content (AvgIpc) is 3.02. The Bertz CT molecular complexity index is 566. The predicted octanol–water partition coefficient (Wildman–Crippen LogP) is 4.93. The first-order chi connectivity index (χ1) is 9.09. The van der Waals surface area contributed by atoms with Crippen molar-refractivity contribution in [3.63, 3.8) is 0 Å². The fourth-order valence-corrected chi connectivity index (χ4v) is 4.42. The number of hydrogen-bond donors (Lipinski definition) is 2. The maximum Gasteiger partial charge on any atom is 0.134 e. The highest BCUT2D eigenvalue weighted by Crippen LogP contribution is 2.48. The third-order valence-corrected chi connectivity index (χ3v) is 5.53. The first-order valence-electron chi connectivity index (χ1n) is 6.36. The van der Waals surface area contributed by atoms with E-state index in [9.17, 15) is 10.2 Å². The molecule has 1 aliphatic rings. The van der Waals surface area contributed by atoms with Gasteiger partial charge in [-0.15, -0.1) is 22.7 Å². The third kappa shape index (κ3) is 1.99. The maximum atomic E-state index is 10.1. The fourth-order valence-electron chi connectivity index (χ4n) is 2.91. The molecule has 1 aliphatic carbocycles. The summed E-state index contributed by atoms with van der Waals surface area (Å²) in [5, 5.41) is 23.7. The van der Waals surface area contributed by atoms with Crippen LogP contribution < -0.4 is 0 Å². The van der Waals surface area contributed by atoms with Gasteiger partial charge in [-0.05, 0) is 44.3 Å². The molecule has 2 nitrogen and oxygen atoms in total. The van der Waals surface area contributed by atoms with Gasteiger partial charge in [0.1, 0.15) is 11.5 Å². The molecule has 0 aromatic carbocycles. The van der Waals surface area contributed by atoms with Crippen LogP contribution >= 0.6 is 22.7 Å². The summed E-state index contributed by atoms with van der Waals surface area (Å²) >= 11 is 3.16. The Morgan fingerprint density at radius 3 is 1.58 bits per heavy atom. The molecule has 19 heavy (non-hydrogen) atoms. The van der Waals surface area contributed by atoms with Gasteiger partial charge in [-0.1, -0.05) is 0 Å². The standard InChI is InChI=1S/C15H16O2S2/c1-8-14(12(16)6-18-8)10-4-3-5-11(10)15-9(2)19-7-13(15)17/h6-7,16-17H,3-5H2,1-2H3. The van der Waals surface area contributed by atoms with Gasteiger partial charge in [-0.2, -0.15) is 0 Å². The summed E-state index contributed by atoms with van der Waals surface area (Å²) in [6.45, 7) is 4.09. The second-order valence-electron chi connectivity index (χ2n) is 4.91. The van der Waals surface area contributed by atoms with Gasteiger partial charge in [0.25, 0.3) is 0 Å². The Kier molecular flexibility index (Phi) is 3.15. The number of hydrogen-bond acceptors (Lipinski definition) is 4. The van der Waals surface area contributed by atoms with Crippen molar-refractivity contribution in [1.82, 2.24) is 0 Å². The van der Waals surface area contributed by atoms with Crippen LogP contribution in [0.2, 0.25) is 0 Å². The molecular weight excluding hydrogens is 276 g/mol. The summed E-state index contributed by atoms with van der Waals surface area (Å²) in [7, 11) is 0. The highest BCUT2D eigenvalue weighted by atomic mass is 32.1. The van der Waals surface area contributed by atoms with Gasteiger partial charge < -0.3 is 10.2 Å². The molecule has 0 saturated heterocycles. The van der Waals surface area contributed by atoms with E-state index in [1.807, 2.05) is 13.8 Å². The Morgan fingerprint density at radius 1 is 0.842 bits per heavy atom. The monoisotopic (exact) mass is 292 g/mol. The van der Waals surface area contributed by atoms with Crippen molar-refractivity contribution in [2.45, 2.75) is 33.1 Å². The molecule has 2 aromatic rings. The van der Waals surface area contributed by atoms with E-state index in [-0.39, 0.29) is 0 Å². The van der Waals surface area contributed by atoms with Crippen molar-refractivity contribution in [2.24, 2.45) is 0 Å². The molecule has 100 valence electrons. The highest BCUT2D eigenvalue weighted by Gasteiger charge is 2.25. The number of allylic oxidation sites excluding steroid dienone is 2. The summed E-state index contributed by atoms with van der Waals surface area (Å²) in [6.07, 6.45) is 3.05. The van der Waals surface area contributed by atoms with E-state index in [0.717, 1.165) is 40.1 Å². The minimum absolute atomic E-state index is 0.379. The van der Waals surface area contributed by atoms with Crippen molar-refractivity contribution in [2.75, 3.05) is 0 Å². The topological polar surface area (TPSA) is 40.5 Å². The Hall–Kier alpha value is -1.26. The van der Waals surface area contributed by atoms with Crippen LogP contribution in [0.15, 0.2) is 10.8 Å². The van der Waals surface area contributed by atoms with Gasteiger partial charge in [0.15, 0.2) is 0 Å². The third-order valence-electron chi connectivity index (χ3n) is 3.73. The molecule has 4 heteroatoms. The van der Waals surface area contributed by atoms with Gasteiger partial charge in [0.2, 0.25) is 0 Å². The summed E-state index contributed by atoms with van der Waals surface area (Å²) in [4.78, 5) is 2.30. The second-order valence-corrected chi connectivity index (χ2v) is 7.08. The lowest BCUT2D eigenvalue weighted by atomic mass is 9.97. The Labute approximate surface area is 120 Å². The molecule has 3 rings (SSSR count). The lowest BCUT2D eigenvalue weighted by molar-refractivity contribution is 0.474. The summed E-state index contributed by atoms with van der Waals surface area (Å²) < 4.78 is 0. The lowest BCUT2D eigenvalue weighted by Gasteiger charge is -2.09. The van der Waals surface area contributed by atoms with Crippen LogP contribution in [0.25, 0.3) is 11.1 Å². The van der Waals surface area contributed by atoms with Gasteiger partial charge in [-0.25, -0.2) is 0 Å². The Morgan fingerprint density at radius 2 is 1.26 bits per heavy atom. The normalized spacial score (nSPS) is 15.5. The van der Waals surface area contributed by atoms with E-state index in [2.05, 4.69) is 0 Å². The molecule has 2 N–H and O–H groups in total. The van der Waals surface area contributed by atoms with Crippen LogP contribution in [0.1, 0.15) is 40.1 Å². The molecule has 0 saturated carbocycles. The number of aryl methyl sites for hydroxylation is 2. The molecule has 2 heterocycles. The van der Waals surface area contributed by atoms with E-state index in [1.54, 1.807) is 33.4 Å². The van der Waals surface area contributed by atoms with E-state index in [0.29, 0.717) is 11.5 Å². The number of aromatic hydroxyl groups is 2. The number of rotatable bonds is 2. The highest BCUT2D eigenvalue weighted by molar-refractivity contribution is 7.10. The molecule has 2 aromatic heterocycles. The summed E-state index contributed by atoms with van der Waals surface area (Å²) in [5.74, 6) is 0.758. The Balaban J connectivity index is 2.21. The molecule has 0 fully saturated rings. The second kappa shape index (κ2) is 4.69. The van der Waals surface area contributed by atoms with Gasteiger partial charge in [0, 0.05) is 31.6 Å². The van der Waals surface area contributed by atoms with Crippen molar-refractivity contribution in [3.05, 3.63) is 31.6 Å². The fraction of sp³-hybridized carbons (Fsp3) is 0.333. The molecular formula is C15H16O2S2. The molecule has 0 atom stereocenters. The van der Waals surface area contributed by atoms with E-state index < -0.39 is 0 Å². The molecule has 0 radical (unpaired) electrons. The molecule has 0 spiro atoms. The lowest BCUT2D eigenvalue weighted by Crippen LogP contribution is -1.87. The first-order valence-corrected chi connectivity index (χ1v) is 8.12. The quantitative estimate of drug-likeness (QED) is 0.823. The van der Waals surface area contributed by atoms with Crippen molar-refractivity contribution in [3.8, 4) is 11.5 Å². The van der Waals surface area contributed by atoms with Crippen molar-refractivity contribution in [1.29, 1.82) is 0 Å². The largest absolute Gasteiger partial charge is 0.506 e. The summed E-state index contributed by atoms with van der Waals surface area (Å²) in [6, 6.07) is 0. The van der Waals surface area contributed by atoms with E-state index >= 15 is 0 Å². The van der Waals surface area contributed by atoms with Gasteiger partial charge in [0.05, 0.1) is 0 Å². The van der Waals surface area contributed by atoms with Crippen molar-refractivity contribution < 1.29 is 10.2 Å². The number of thiophene rings is 2. The zero-order valence-corrected chi connectivity index (χ0v) is 12.6. The van der Waals surface area contributed by atoms with Crippen LogP contribution in [0.3, 0.4) is 0 Å². The smallest absolute Gasteiger partial charge is 0.134 e. The van der Waals surface area contributed by atoms with E-state index in [4.69, 9.17) is 0 Å². The molecule has 0 amide bonds. The van der Waals surface area contributed by atoms with Gasteiger partial charge >= 0.3 is 0 Å². The predicted molar refractivity (Wildman–Crippen MR) is 82.1 cm³/mol. The zero-order chi connectivity index (χ0) is 13.6. The average molecular weight is 292 g/mol. The van der Waals surface area contributed by atoms with Crippen LogP contribution in [-0.2, 0) is 0 Å². The first kappa shape index (κ1) is 12.8. The summed E-state index contributed by atoms with van der Waals surface area (Å²) in [5.41, 5.74) is 4.41. The van der Waals surface area contributed by atoms with Crippen LogP contribution in [0.5, 0.6) is 11.5 Å². The maximum absolute atomic E-state index is 10.1. The van der Waals surface area contributed by atoms with E-state index in [1.165, 1.54) is 11.1 Å². The molecule has 0 aliphatic heterocycles. The minimum Gasteiger partial charge on any atom is -0.506 e. The van der Waals surface area contributed by atoms with Crippen LogP contribution in [0.4, 0.5) is 0 Å². The van der Waals surface area contributed by atoms with Crippen LogP contribution in [0, 0.1) is 13.8 Å².